The molecule has 0 bridgehead atoms. The maximum absolute atomic E-state index is 13.1. The van der Waals surface area contributed by atoms with Crippen LogP contribution >= 0.6 is 0 Å². The fourth-order valence-corrected chi connectivity index (χ4v) is 4.66. The summed E-state index contributed by atoms with van der Waals surface area (Å²) in [5.41, 5.74) is 2.72. The summed E-state index contributed by atoms with van der Waals surface area (Å²) in [6, 6.07) is 12.4. The lowest BCUT2D eigenvalue weighted by Gasteiger charge is -2.10. The average Bonchev–Trinajstić information content (AvgIpc) is 3.46. The molecule has 0 saturated carbocycles. The first-order chi connectivity index (χ1) is 16.4. The molecule has 0 saturated heterocycles. The van der Waals surface area contributed by atoms with Gasteiger partial charge in [-0.15, -0.1) is 0 Å². The van der Waals surface area contributed by atoms with Crippen molar-refractivity contribution >= 4 is 50.5 Å². The molecule has 34 heavy (non-hydrogen) atoms. The SMILES string of the molecule is CN(C)CCCn1cc(C2=C(c3c[nH]c4ccccc34)C(=O)NC2=O)c2c([N+](=O)[O-])cccc21. The summed E-state index contributed by atoms with van der Waals surface area (Å²) in [6.45, 7) is 1.45. The molecule has 0 unspecified atom stereocenters. The zero-order valence-electron chi connectivity index (χ0n) is 18.8. The number of benzene rings is 2. The molecule has 1 aliphatic heterocycles. The predicted molar refractivity (Wildman–Crippen MR) is 130 cm³/mol. The van der Waals surface area contributed by atoms with E-state index in [0.29, 0.717) is 28.6 Å². The molecule has 2 aromatic carbocycles. The number of aromatic nitrogens is 2. The minimum Gasteiger partial charge on any atom is -0.361 e. The summed E-state index contributed by atoms with van der Waals surface area (Å²) in [6.07, 6.45) is 4.27. The van der Waals surface area contributed by atoms with E-state index in [2.05, 4.69) is 15.2 Å². The van der Waals surface area contributed by atoms with E-state index in [1.165, 1.54) is 6.07 Å². The largest absolute Gasteiger partial charge is 0.361 e. The molecular formula is C25H23N5O4. The van der Waals surface area contributed by atoms with Crippen LogP contribution in [-0.2, 0) is 16.1 Å². The van der Waals surface area contributed by atoms with E-state index in [9.17, 15) is 19.7 Å². The number of carbonyl (C=O) groups is 2. The van der Waals surface area contributed by atoms with Crippen LogP contribution in [0.5, 0.6) is 0 Å². The quantitative estimate of drug-likeness (QED) is 0.250. The van der Waals surface area contributed by atoms with Crippen LogP contribution in [0.4, 0.5) is 5.69 Å². The first kappa shape index (κ1) is 21.6. The molecule has 2 aromatic heterocycles. The van der Waals surface area contributed by atoms with Crippen molar-refractivity contribution in [1.29, 1.82) is 0 Å². The predicted octanol–water partition coefficient (Wildman–Crippen LogP) is 3.55. The molecule has 0 atom stereocenters. The highest BCUT2D eigenvalue weighted by Gasteiger charge is 2.36. The number of nitro groups is 1. The highest BCUT2D eigenvalue weighted by molar-refractivity contribution is 6.51. The Balaban J connectivity index is 1.78. The van der Waals surface area contributed by atoms with Gasteiger partial charge in [-0.25, -0.2) is 0 Å². The third-order valence-corrected chi connectivity index (χ3v) is 6.14. The highest BCUT2D eigenvalue weighted by atomic mass is 16.6. The molecule has 1 aliphatic rings. The highest BCUT2D eigenvalue weighted by Crippen LogP contribution is 2.41. The second-order valence-corrected chi connectivity index (χ2v) is 8.60. The van der Waals surface area contributed by atoms with E-state index in [-0.39, 0.29) is 16.8 Å². The summed E-state index contributed by atoms with van der Waals surface area (Å²) in [4.78, 5) is 42.7. The van der Waals surface area contributed by atoms with Gasteiger partial charge in [-0.05, 0) is 39.2 Å². The number of hydrogen-bond acceptors (Lipinski definition) is 5. The van der Waals surface area contributed by atoms with Crippen molar-refractivity contribution in [1.82, 2.24) is 19.8 Å². The number of aromatic amines is 1. The molecule has 0 aliphatic carbocycles. The molecule has 4 aromatic rings. The summed E-state index contributed by atoms with van der Waals surface area (Å²) in [7, 11) is 3.97. The normalized spacial score (nSPS) is 14.1. The smallest absolute Gasteiger partial charge is 0.279 e. The third-order valence-electron chi connectivity index (χ3n) is 6.14. The summed E-state index contributed by atoms with van der Waals surface area (Å²) < 4.78 is 1.93. The molecule has 3 heterocycles. The van der Waals surface area contributed by atoms with Crippen LogP contribution in [-0.4, -0.2) is 51.8 Å². The van der Waals surface area contributed by atoms with Crippen LogP contribution < -0.4 is 5.32 Å². The van der Waals surface area contributed by atoms with Crippen LogP contribution in [0.3, 0.4) is 0 Å². The van der Waals surface area contributed by atoms with Crippen molar-refractivity contribution in [3.8, 4) is 0 Å². The standard InChI is InChI=1S/C25H23N5O4/c1-28(2)11-6-12-29-14-17(21-19(29)9-5-10-20(21)30(33)34)23-22(24(31)27-25(23)32)16-13-26-18-8-4-3-7-15(16)18/h3-5,7-10,13-14,26H,6,11-12H2,1-2H3,(H,27,31,32). The van der Waals surface area contributed by atoms with Gasteiger partial charge in [-0.2, -0.15) is 0 Å². The average molecular weight is 457 g/mol. The zero-order valence-corrected chi connectivity index (χ0v) is 18.8. The number of nitro benzene ring substituents is 1. The van der Waals surface area contributed by atoms with Gasteiger partial charge in [0.25, 0.3) is 17.5 Å². The van der Waals surface area contributed by atoms with E-state index in [1.807, 2.05) is 49.0 Å². The maximum atomic E-state index is 13.1. The van der Waals surface area contributed by atoms with Crippen LogP contribution in [0.25, 0.3) is 33.0 Å². The molecule has 2 amide bonds. The van der Waals surface area contributed by atoms with Gasteiger partial charge in [-0.1, -0.05) is 24.3 Å². The molecule has 2 N–H and O–H groups in total. The van der Waals surface area contributed by atoms with E-state index >= 15 is 0 Å². The van der Waals surface area contributed by atoms with Crippen molar-refractivity contribution in [3.63, 3.8) is 0 Å². The lowest BCUT2D eigenvalue weighted by Crippen LogP contribution is -2.22. The second kappa shape index (κ2) is 8.27. The second-order valence-electron chi connectivity index (χ2n) is 8.60. The number of carbonyl (C=O) groups excluding carboxylic acids is 2. The first-order valence-corrected chi connectivity index (χ1v) is 10.9. The van der Waals surface area contributed by atoms with Crippen LogP contribution in [0.2, 0.25) is 0 Å². The summed E-state index contributed by atoms with van der Waals surface area (Å²) in [5.74, 6) is -1.08. The van der Waals surface area contributed by atoms with Gasteiger partial charge in [0.15, 0.2) is 0 Å². The van der Waals surface area contributed by atoms with Gasteiger partial charge in [0, 0.05) is 47.0 Å². The Labute approximate surface area is 194 Å². The number of hydrogen-bond donors (Lipinski definition) is 2. The van der Waals surface area contributed by atoms with Crippen molar-refractivity contribution in [2.45, 2.75) is 13.0 Å². The minimum absolute atomic E-state index is 0.100. The molecular weight excluding hydrogens is 434 g/mol. The Morgan fingerprint density at radius 2 is 1.74 bits per heavy atom. The van der Waals surface area contributed by atoms with Crippen LogP contribution in [0.15, 0.2) is 54.9 Å². The molecule has 5 rings (SSSR count). The monoisotopic (exact) mass is 457 g/mol. The topological polar surface area (TPSA) is 113 Å². The molecule has 9 heteroatoms. The summed E-state index contributed by atoms with van der Waals surface area (Å²) in [5, 5.41) is 15.5. The zero-order chi connectivity index (χ0) is 24.0. The molecule has 172 valence electrons. The van der Waals surface area contributed by atoms with Gasteiger partial charge >= 0.3 is 0 Å². The fraction of sp³-hybridized carbons (Fsp3) is 0.200. The van der Waals surface area contributed by atoms with E-state index in [1.54, 1.807) is 18.5 Å². The van der Waals surface area contributed by atoms with Crippen molar-refractivity contribution in [2.24, 2.45) is 0 Å². The number of nitrogens with zero attached hydrogens (tertiary/aromatic N) is 3. The van der Waals surface area contributed by atoms with Gasteiger partial charge in [0.1, 0.15) is 0 Å². The number of fused-ring (bicyclic) bond motifs is 2. The van der Waals surface area contributed by atoms with Gasteiger partial charge < -0.3 is 14.5 Å². The first-order valence-electron chi connectivity index (χ1n) is 10.9. The van der Waals surface area contributed by atoms with Gasteiger partial charge in [-0.3, -0.25) is 25.0 Å². The lowest BCUT2D eigenvalue weighted by atomic mass is 9.95. The summed E-state index contributed by atoms with van der Waals surface area (Å²) >= 11 is 0. The molecule has 9 nitrogen and oxygen atoms in total. The molecule has 0 fully saturated rings. The number of imide groups is 1. The number of H-pyrrole nitrogens is 1. The maximum Gasteiger partial charge on any atom is 0.279 e. The molecule has 0 spiro atoms. The Bertz CT molecular complexity index is 1510. The molecule has 0 radical (unpaired) electrons. The van der Waals surface area contributed by atoms with E-state index < -0.39 is 16.7 Å². The Morgan fingerprint density at radius 1 is 1.00 bits per heavy atom. The number of nitrogens with one attached hydrogen (secondary N) is 2. The number of rotatable bonds is 7. The number of amides is 2. The van der Waals surface area contributed by atoms with Crippen molar-refractivity contribution < 1.29 is 14.5 Å². The van der Waals surface area contributed by atoms with Crippen LogP contribution in [0, 0.1) is 10.1 Å². The number of para-hydroxylation sites is 1. The lowest BCUT2D eigenvalue weighted by molar-refractivity contribution is -0.383. The van der Waals surface area contributed by atoms with Crippen molar-refractivity contribution in [2.75, 3.05) is 20.6 Å². The Morgan fingerprint density at radius 3 is 2.47 bits per heavy atom. The van der Waals surface area contributed by atoms with Gasteiger partial charge in [0.2, 0.25) is 0 Å². The Hall–Kier alpha value is -4.24. The van der Waals surface area contributed by atoms with E-state index in [4.69, 9.17) is 0 Å². The van der Waals surface area contributed by atoms with Gasteiger partial charge in [0.05, 0.1) is 27.0 Å². The fourth-order valence-electron chi connectivity index (χ4n) is 4.66. The minimum atomic E-state index is -0.559. The Kier molecular flexibility index (Phi) is 5.25. The van der Waals surface area contributed by atoms with E-state index in [0.717, 1.165) is 23.9 Å². The third kappa shape index (κ3) is 3.46. The van der Waals surface area contributed by atoms with Crippen molar-refractivity contribution in [3.05, 3.63) is 76.1 Å². The number of non-ortho nitro benzene ring substituents is 1. The number of aryl methyl sites for hydroxylation is 1. The van der Waals surface area contributed by atoms with Crippen LogP contribution in [0.1, 0.15) is 17.5 Å².